The second-order valence-electron chi connectivity index (χ2n) is 3.87. The number of aromatic nitrogens is 1. The molecule has 1 heterocycles. The van der Waals surface area contributed by atoms with Crippen molar-refractivity contribution in [1.82, 2.24) is 4.98 Å². The number of aryl methyl sites for hydroxylation is 1. The Balaban J connectivity index is 1.99. The highest BCUT2D eigenvalue weighted by Crippen LogP contribution is 2.08. The molecule has 1 aromatic rings. The van der Waals surface area contributed by atoms with Crippen LogP contribution in [0.2, 0.25) is 0 Å². The number of hydrogen-bond donors (Lipinski definition) is 0. The van der Waals surface area contributed by atoms with Gasteiger partial charge in [0, 0.05) is 12.4 Å². The Morgan fingerprint density at radius 3 is 2.29 bits per heavy atom. The molecule has 14 heavy (non-hydrogen) atoms. The van der Waals surface area contributed by atoms with Crippen molar-refractivity contribution >= 4 is 0 Å². The first kappa shape index (κ1) is 11.2. The molecule has 0 saturated carbocycles. The Kier molecular flexibility index (Phi) is 6.05. The van der Waals surface area contributed by atoms with Gasteiger partial charge < -0.3 is 0 Å². The predicted molar refractivity (Wildman–Crippen MR) is 61.3 cm³/mol. The van der Waals surface area contributed by atoms with Gasteiger partial charge in [0.25, 0.3) is 0 Å². The Morgan fingerprint density at radius 1 is 0.929 bits per heavy atom. The van der Waals surface area contributed by atoms with E-state index in [4.69, 9.17) is 0 Å². The zero-order valence-corrected chi connectivity index (χ0v) is 9.21. The maximum atomic E-state index is 4.01. The first-order valence-corrected chi connectivity index (χ1v) is 5.82. The van der Waals surface area contributed by atoms with E-state index in [0.717, 1.165) is 0 Å². The topological polar surface area (TPSA) is 12.9 Å². The van der Waals surface area contributed by atoms with E-state index in [1.165, 1.54) is 50.5 Å². The minimum atomic E-state index is 1.22. The van der Waals surface area contributed by atoms with Crippen LogP contribution in [0.4, 0.5) is 0 Å². The molecule has 0 unspecified atom stereocenters. The van der Waals surface area contributed by atoms with Crippen molar-refractivity contribution in [3.8, 4) is 0 Å². The lowest BCUT2D eigenvalue weighted by Crippen LogP contribution is -1.86. The number of hydrogen-bond acceptors (Lipinski definition) is 1. The fraction of sp³-hybridized carbons (Fsp3) is 0.615. The molecule has 0 radical (unpaired) electrons. The third-order valence-electron chi connectivity index (χ3n) is 2.57. The average Bonchev–Trinajstić information content (AvgIpc) is 2.25. The van der Waals surface area contributed by atoms with E-state index in [2.05, 4.69) is 24.0 Å². The van der Waals surface area contributed by atoms with Gasteiger partial charge in [-0.2, -0.15) is 0 Å². The average molecular weight is 191 g/mol. The second-order valence-corrected chi connectivity index (χ2v) is 3.87. The molecule has 1 aromatic heterocycles. The maximum absolute atomic E-state index is 4.01. The van der Waals surface area contributed by atoms with E-state index >= 15 is 0 Å². The molecule has 0 N–H and O–H groups in total. The van der Waals surface area contributed by atoms with Crippen molar-refractivity contribution < 1.29 is 0 Å². The van der Waals surface area contributed by atoms with Crippen LogP contribution in [0.3, 0.4) is 0 Å². The molecule has 0 saturated heterocycles. The summed E-state index contributed by atoms with van der Waals surface area (Å²) in [6, 6.07) is 4.23. The van der Waals surface area contributed by atoms with E-state index in [1.807, 2.05) is 12.4 Å². The van der Waals surface area contributed by atoms with E-state index in [0.29, 0.717) is 0 Å². The predicted octanol–water partition coefficient (Wildman–Crippen LogP) is 3.98. The monoisotopic (exact) mass is 191 g/mol. The molecule has 0 aliphatic carbocycles. The van der Waals surface area contributed by atoms with Crippen molar-refractivity contribution in [2.75, 3.05) is 0 Å². The second kappa shape index (κ2) is 7.54. The highest BCUT2D eigenvalue weighted by atomic mass is 14.6. The maximum Gasteiger partial charge on any atom is 0.0270 e. The van der Waals surface area contributed by atoms with Gasteiger partial charge in [-0.05, 0) is 30.5 Å². The first-order chi connectivity index (χ1) is 6.93. The molecule has 78 valence electrons. The summed E-state index contributed by atoms with van der Waals surface area (Å²) in [5, 5.41) is 0. The van der Waals surface area contributed by atoms with Gasteiger partial charge in [-0.25, -0.2) is 0 Å². The molecule has 1 nitrogen and oxygen atoms in total. The minimum Gasteiger partial charge on any atom is -0.265 e. The third-order valence-corrected chi connectivity index (χ3v) is 2.57. The van der Waals surface area contributed by atoms with Crippen LogP contribution in [0.25, 0.3) is 0 Å². The lowest BCUT2D eigenvalue weighted by Gasteiger charge is -2.00. The smallest absolute Gasteiger partial charge is 0.0270 e. The lowest BCUT2D eigenvalue weighted by atomic mass is 10.1. The molecule has 1 heteroatoms. The molecule has 0 aliphatic heterocycles. The van der Waals surface area contributed by atoms with E-state index < -0.39 is 0 Å². The van der Waals surface area contributed by atoms with Gasteiger partial charge in [0.15, 0.2) is 0 Å². The Labute approximate surface area is 87.6 Å². The Morgan fingerprint density at radius 2 is 1.57 bits per heavy atom. The van der Waals surface area contributed by atoms with E-state index in [9.17, 15) is 0 Å². The van der Waals surface area contributed by atoms with Gasteiger partial charge in [-0.15, -0.1) is 0 Å². The number of pyridine rings is 1. The lowest BCUT2D eigenvalue weighted by molar-refractivity contribution is 0.607. The SMILES string of the molecule is CCCCCCCCc1ccncc1. The third kappa shape index (κ3) is 5.00. The van der Waals surface area contributed by atoms with Crippen LogP contribution in [0, 0.1) is 0 Å². The zero-order valence-electron chi connectivity index (χ0n) is 9.21. The van der Waals surface area contributed by atoms with Gasteiger partial charge in [0.05, 0.1) is 0 Å². The van der Waals surface area contributed by atoms with Crippen LogP contribution >= 0.6 is 0 Å². The fourth-order valence-corrected chi connectivity index (χ4v) is 1.66. The van der Waals surface area contributed by atoms with Crippen molar-refractivity contribution in [3.05, 3.63) is 30.1 Å². The first-order valence-electron chi connectivity index (χ1n) is 5.82. The van der Waals surface area contributed by atoms with E-state index in [-0.39, 0.29) is 0 Å². The molecule has 0 bridgehead atoms. The molecule has 0 atom stereocenters. The van der Waals surface area contributed by atoms with Crippen LogP contribution in [0.15, 0.2) is 24.5 Å². The number of unbranched alkanes of at least 4 members (excludes halogenated alkanes) is 5. The molecule has 0 spiro atoms. The molecular weight excluding hydrogens is 170 g/mol. The molecule has 0 aliphatic rings. The molecule has 0 fully saturated rings. The molecular formula is C13H21N. The summed E-state index contributed by atoms with van der Waals surface area (Å²) in [7, 11) is 0. The Bertz CT molecular complexity index is 218. The highest BCUT2D eigenvalue weighted by Gasteiger charge is 1.92. The fourth-order valence-electron chi connectivity index (χ4n) is 1.66. The van der Waals surface area contributed by atoms with Crippen molar-refractivity contribution in [2.45, 2.75) is 51.9 Å². The van der Waals surface area contributed by atoms with Crippen molar-refractivity contribution in [3.63, 3.8) is 0 Å². The quantitative estimate of drug-likeness (QED) is 0.594. The van der Waals surface area contributed by atoms with Gasteiger partial charge in [0.2, 0.25) is 0 Å². The Hall–Kier alpha value is -0.850. The van der Waals surface area contributed by atoms with Crippen LogP contribution in [0.5, 0.6) is 0 Å². The standard InChI is InChI=1S/C13H21N/c1-2-3-4-5-6-7-8-13-9-11-14-12-10-13/h9-12H,2-8H2,1H3. The number of rotatable bonds is 7. The van der Waals surface area contributed by atoms with Crippen molar-refractivity contribution in [2.24, 2.45) is 0 Å². The van der Waals surface area contributed by atoms with Crippen molar-refractivity contribution in [1.29, 1.82) is 0 Å². The van der Waals surface area contributed by atoms with Gasteiger partial charge >= 0.3 is 0 Å². The molecule has 0 amide bonds. The van der Waals surface area contributed by atoms with E-state index in [1.54, 1.807) is 0 Å². The van der Waals surface area contributed by atoms with Crippen LogP contribution in [-0.2, 0) is 6.42 Å². The summed E-state index contributed by atoms with van der Waals surface area (Å²) in [5.41, 5.74) is 1.43. The van der Waals surface area contributed by atoms with Gasteiger partial charge in [-0.3, -0.25) is 4.98 Å². The van der Waals surface area contributed by atoms with Gasteiger partial charge in [-0.1, -0.05) is 39.0 Å². The summed E-state index contributed by atoms with van der Waals surface area (Å²) in [6.07, 6.45) is 13.2. The summed E-state index contributed by atoms with van der Waals surface area (Å²) < 4.78 is 0. The largest absolute Gasteiger partial charge is 0.265 e. The summed E-state index contributed by atoms with van der Waals surface area (Å²) in [4.78, 5) is 4.01. The summed E-state index contributed by atoms with van der Waals surface area (Å²) in [5.74, 6) is 0. The van der Waals surface area contributed by atoms with Gasteiger partial charge in [0.1, 0.15) is 0 Å². The summed E-state index contributed by atoms with van der Waals surface area (Å²) in [6.45, 7) is 2.26. The normalized spacial score (nSPS) is 10.4. The molecule has 0 aromatic carbocycles. The minimum absolute atomic E-state index is 1.22. The van der Waals surface area contributed by atoms with Crippen LogP contribution in [0.1, 0.15) is 51.0 Å². The van der Waals surface area contributed by atoms with Crippen LogP contribution in [-0.4, -0.2) is 4.98 Å². The molecule has 1 rings (SSSR count). The number of nitrogens with zero attached hydrogens (tertiary/aromatic N) is 1. The summed E-state index contributed by atoms with van der Waals surface area (Å²) >= 11 is 0. The van der Waals surface area contributed by atoms with Crippen LogP contribution < -0.4 is 0 Å². The zero-order chi connectivity index (χ0) is 10.1. The highest BCUT2D eigenvalue weighted by molar-refractivity contribution is 5.09.